The average molecular weight is 478 g/mol. The Bertz CT molecular complexity index is 1090. The molecule has 8 heteroatoms. The van der Waals surface area contributed by atoms with Gasteiger partial charge < -0.3 is 15.1 Å². The highest BCUT2D eigenvalue weighted by atomic mass is 16.2. The van der Waals surface area contributed by atoms with Gasteiger partial charge in [0.2, 0.25) is 11.8 Å². The van der Waals surface area contributed by atoms with Crippen molar-refractivity contribution in [3.63, 3.8) is 0 Å². The first-order chi connectivity index (χ1) is 17.0. The normalized spacial score (nSPS) is 20.9. The maximum Gasteiger partial charge on any atom is 0.274 e. The van der Waals surface area contributed by atoms with Crippen LogP contribution in [0.25, 0.3) is 0 Å². The van der Waals surface area contributed by atoms with Gasteiger partial charge in [-0.15, -0.1) is 0 Å². The van der Waals surface area contributed by atoms with E-state index in [9.17, 15) is 14.4 Å². The number of anilines is 1. The van der Waals surface area contributed by atoms with Crippen molar-refractivity contribution >= 4 is 23.4 Å². The van der Waals surface area contributed by atoms with Gasteiger partial charge >= 0.3 is 0 Å². The summed E-state index contributed by atoms with van der Waals surface area (Å²) in [4.78, 5) is 43.3. The van der Waals surface area contributed by atoms with Crippen LogP contribution < -0.4 is 5.32 Å². The van der Waals surface area contributed by atoms with Crippen LogP contribution in [-0.4, -0.2) is 56.9 Å². The van der Waals surface area contributed by atoms with Crippen molar-refractivity contribution in [3.05, 3.63) is 47.3 Å². The van der Waals surface area contributed by atoms with E-state index in [-0.39, 0.29) is 29.6 Å². The molecule has 1 saturated heterocycles. The molecule has 2 aliphatic heterocycles. The third-order valence-electron chi connectivity index (χ3n) is 7.83. The van der Waals surface area contributed by atoms with E-state index >= 15 is 0 Å². The summed E-state index contributed by atoms with van der Waals surface area (Å²) in [5, 5.41) is 7.57. The lowest BCUT2D eigenvalue weighted by Crippen LogP contribution is -2.45. The van der Waals surface area contributed by atoms with Gasteiger partial charge in [0, 0.05) is 62.5 Å². The lowest BCUT2D eigenvalue weighted by Gasteiger charge is -2.33. The van der Waals surface area contributed by atoms with Crippen molar-refractivity contribution in [1.29, 1.82) is 0 Å². The molecule has 1 aliphatic carbocycles. The Morgan fingerprint density at radius 2 is 1.66 bits per heavy atom. The Kier molecular flexibility index (Phi) is 6.88. The van der Waals surface area contributed by atoms with Gasteiger partial charge in [-0.25, -0.2) is 0 Å². The molecule has 1 aromatic heterocycles. The average Bonchev–Trinajstić information content (AvgIpc) is 3.24. The lowest BCUT2D eigenvalue weighted by molar-refractivity contribution is -0.137. The van der Waals surface area contributed by atoms with Crippen molar-refractivity contribution in [1.82, 2.24) is 19.6 Å². The molecule has 0 bridgehead atoms. The highest BCUT2D eigenvalue weighted by Crippen LogP contribution is 2.30. The molecule has 0 unspecified atom stereocenters. The fourth-order valence-electron chi connectivity index (χ4n) is 5.85. The van der Waals surface area contributed by atoms with Gasteiger partial charge in [-0.3, -0.25) is 19.1 Å². The SMILES string of the molecule is Cn1nc(C(=O)N2CCC[C@H](C(=O)Nc3ccccc3)C2)c2c1CCN(C(=O)C1CCCCC1)C2. The quantitative estimate of drug-likeness (QED) is 0.731. The van der Waals surface area contributed by atoms with Crippen molar-refractivity contribution < 1.29 is 14.4 Å². The first-order valence-corrected chi connectivity index (χ1v) is 13.0. The highest BCUT2D eigenvalue weighted by Gasteiger charge is 2.35. The Morgan fingerprint density at radius 3 is 2.43 bits per heavy atom. The number of hydrogen-bond donors (Lipinski definition) is 1. The number of nitrogens with one attached hydrogen (secondary N) is 1. The van der Waals surface area contributed by atoms with Crippen LogP contribution >= 0.6 is 0 Å². The van der Waals surface area contributed by atoms with E-state index in [1.54, 1.807) is 9.58 Å². The van der Waals surface area contributed by atoms with Crippen LogP contribution in [-0.2, 0) is 29.6 Å². The molecule has 3 aliphatic rings. The number of nitrogens with zero attached hydrogens (tertiary/aromatic N) is 4. The molecular formula is C27H35N5O3. The summed E-state index contributed by atoms with van der Waals surface area (Å²) in [7, 11) is 1.88. The molecule has 35 heavy (non-hydrogen) atoms. The van der Waals surface area contributed by atoms with E-state index in [0.29, 0.717) is 38.3 Å². The van der Waals surface area contributed by atoms with E-state index < -0.39 is 0 Å². The molecule has 1 N–H and O–H groups in total. The second-order valence-electron chi connectivity index (χ2n) is 10.2. The van der Waals surface area contributed by atoms with Crippen LogP contribution in [0.15, 0.2) is 30.3 Å². The molecular weight excluding hydrogens is 442 g/mol. The number of fused-ring (bicyclic) bond motifs is 1. The second kappa shape index (κ2) is 10.2. The molecule has 2 fully saturated rings. The van der Waals surface area contributed by atoms with Crippen LogP contribution in [0.4, 0.5) is 5.69 Å². The minimum atomic E-state index is -0.253. The molecule has 0 radical (unpaired) electrons. The van der Waals surface area contributed by atoms with Gasteiger partial charge in [0.15, 0.2) is 5.69 Å². The Morgan fingerprint density at radius 1 is 0.914 bits per heavy atom. The monoisotopic (exact) mass is 477 g/mol. The molecule has 1 atom stereocenters. The van der Waals surface area contributed by atoms with Gasteiger partial charge in [-0.05, 0) is 37.8 Å². The summed E-state index contributed by atoms with van der Waals surface area (Å²) in [5.74, 6) is -0.0934. The number of likely N-dealkylation sites (tertiary alicyclic amines) is 1. The van der Waals surface area contributed by atoms with Gasteiger partial charge in [0.05, 0.1) is 5.92 Å². The number of amides is 3. The number of piperidine rings is 1. The predicted molar refractivity (Wildman–Crippen MR) is 133 cm³/mol. The minimum absolute atomic E-state index is 0.0546. The summed E-state index contributed by atoms with van der Waals surface area (Å²) in [6, 6.07) is 9.42. The Hall–Kier alpha value is -3.16. The summed E-state index contributed by atoms with van der Waals surface area (Å²) in [6.45, 7) is 2.13. The fourth-order valence-corrected chi connectivity index (χ4v) is 5.85. The zero-order chi connectivity index (χ0) is 24.4. The molecule has 186 valence electrons. The molecule has 3 heterocycles. The summed E-state index contributed by atoms with van der Waals surface area (Å²) >= 11 is 0. The summed E-state index contributed by atoms with van der Waals surface area (Å²) < 4.78 is 1.80. The van der Waals surface area contributed by atoms with Crippen LogP contribution in [0.3, 0.4) is 0 Å². The van der Waals surface area contributed by atoms with E-state index in [4.69, 9.17) is 0 Å². The van der Waals surface area contributed by atoms with Crippen molar-refractivity contribution in [2.24, 2.45) is 18.9 Å². The first-order valence-electron chi connectivity index (χ1n) is 13.0. The Balaban J connectivity index is 1.28. The molecule has 8 nitrogen and oxygen atoms in total. The molecule has 2 aromatic rings. The molecule has 3 amide bonds. The van der Waals surface area contributed by atoms with Crippen LogP contribution in [0, 0.1) is 11.8 Å². The van der Waals surface area contributed by atoms with Crippen LogP contribution in [0.2, 0.25) is 0 Å². The second-order valence-corrected chi connectivity index (χ2v) is 10.2. The van der Waals surface area contributed by atoms with Gasteiger partial charge in [-0.1, -0.05) is 37.5 Å². The number of para-hydroxylation sites is 1. The van der Waals surface area contributed by atoms with E-state index in [1.165, 1.54) is 6.42 Å². The van der Waals surface area contributed by atoms with Gasteiger partial charge in [0.1, 0.15) is 0 Å². The van der Waals surface area contributed by atoms with E-state index in [1.807, 2.05) is 42.3 Å². The molecule has 1 saturated carbocycles. The molecule has 1 aromatic carbocycles. The number of carbonyl (C=O) groups excluding carboxylic acids is 3. The smallest absolute Gasteiger partial charge is 0.274 e. The van der Waals surface area contributed by atoms with Gasteiger partial charge in [0.25, 0.3) is 5.91 Å². The molecule has 0 spiro atoms. The molecule has 5 rings (SSSR count). The fraction of sp³-hybridized carbons (Fsp3) is 0.556. The summed E-state index contributed by atoms with van der Waals surface area (Å²) in [6.07, 6.45) is 7.66. The number of carbonyl (C=O) groups is 3. The maximum atomic E-state index is 13.6. The number of benzene rings is 1. The first kappa shape index (κ1) is 23.6. The van der Waals surface area contributed by atoms with Crippen molar-refractivity contribution in [3.8, 4) is 0 Å². The third kappa shape index (κ3) is 4.97. The third-order valence-corrected chi connectivity index (χ3v) is 7.83. The van der Waals surface area contributed by atoms with Crippen molar-refractivity contribution in [2.45, 2.75) is 57.9 Å². The predicted octanol–water partition coefficient (Wildman–Crippen LogP) is 3.38. The van der Waals surface area contributed by atoms with Gasteiger partial charge in [-0.2, -0.15) is 5.10 Å². The number of aryl methyl sites for hydroxylation is 1. The highest BCUT2D eigenvalue weighted by molar-refractivity contribution is 5.96. The Labute approximate surface area is 206 Å². The number of aromatic nitrogens is 2. The van der Waals surface area contributed by atoms with Crippen molar-refractivity contribution in [2.75, 3.05) is 25.0 Å². The van der Waals surface area contributed by atoms with Crippen LogP contribution in [0.1, 0.15) is 66.7 Å². The largest absolute Gasteiger partial charge is 0.338 e. The number of hydrogen-bond acceptors (Lipinski definition) is 4. The van der Waals surface area contributed by atoms with E-state index in [0.717, 1.165) is 55.5 Å². The maximum absolute atomic E-state index is 13.6. The van der Waals surface area contributed by atoms with Crippen LogP contribution in [0.5, 0.6) is 0 Å². The lowest BCUT2D eigenvalue weighted by atomic mass is 9.87. The minimum Gasteiger partial charge on any atom is -0.338 e. The number of rotatable bonds is 4. The zero-order valence-electron chi connectivity index (χ0n) is 20.5. The standard InChI is InChI=1S/C27H35N5O3/c1-30-23-14-16-32(26(34)19-9-4-2-5-10-19)18-22(23)24(29-30)27(35)31-15-8-11-20(17-31)25(33)28-21-12-6-3-7-13-21/h3,6-7,12-13,19-20H,2,4-5,8-11,14-18H2,1H3,(H,28,33)/t20-/m0/s1. The summed E-state index contributed by atoms with van der Waals surface area (Å²) in [5.41, 5.74) is 3.12. The topological polar surface area (TPSA) is 87.5 Å². The van der Waals surface area contributed by atoms with E-state index in [2.05, 4.69) is 10.4 Å². The zero-order valence-corrected chi connectivity index (χ0v) is 20.5.